The molecule has 4 N–H and O–H groups in total. The summed E-state index contributed by atoms with van der Waals surface area (Å²) < 4.78 is 25.3. The highest BCUT2D eigenvalue weighted by atomic mass is 19.2. The zero-order chi connectivity index (χ0) is 12.1. The SMILES string of the molecule is NC(N)=NC(=O)C=Cc1ccc(F)c(F)c1. The molecule has 0 aromatic heterocycles. The van der Waals surface area contributed by atoms with E-state index in [4.69, 9.17) is 11.5 Å². The summed E-state index contributed by atoms with van der Waals surface area (Å²) in [5, 5.41) is 0. The predicted octanol–water partition coefficient (Wildman–Crippen LogP) is 0.778. The van der Waals surface area contributed by atoms with Gasteiger partial charge in [0.1, 0.15) is 0 Å². The average molecular weight is 225 g/mol. The number of nitrogens with two attached hydrogens (primary N) is 2. The van der Waals surface area contributed by atoms with Gasteiger partial charge in [0, 0.05) is 6.08 Å². The summed E-state index contributed by atoms with van der Waals surface area (Å²) in [5.74, 6) is -2.98. The maximum atomic E-state index is 12.8. The van der Waals surface area contributed by atoms with Crippen molar-refractivity contribution < 1.29 is 13.6 Å². The molecule has 1 aromatic carbocycles. The lowest BCUT2D eigenvalue weighted by Gasteiger charge is -1.94. The quantitative estimate of drug-likeness (QED) is 0.443. The van der Waals surface area contributed by atoms with Gasteiger partial charge in [0.15, 0.2) is 17.6 Å². The van der Waals surface area contributed by atoms with Gasteiger partial charge >= 0.3 is 0 Å². The van der Waals surface area contributed by atoms with E-state index >= 15 is 0 Å². The Morgan fingerprint density at radius 3 is 2.50 bits per heavy atom. The Morgan fingerprint density at radius 2 is 1.94 bits per heavy atom. The summed E-state index contributed by atoms with van der Waals surface area (Å²) in [6.07, 6.45) is 2.32. The third-order valence-corrected chi connectivity index (χ3v) is 1.60. The van der Waals surface area contributed by atoms with Gasteiger partial charge < -0.3 is 11.5 Å². The second-order valence-electron chi connectivity index (χ2n) is 2.88. The maximum absolute atomic E-state index is 12.8. The van der Waals surface area contributed by atoms with Crippen molar-refractivity contribution in [2.45, 2.75) is 0 Å². The number of amides is 1. The second-order valence-corrected chi connectivity index (χ2v) is 2.88. The number of aliphatic imine (C=N–C) groups is 1. The molecule has 0 bridgehead atoms. The van der Waals surface area contributed by atoms with Gasteiger partial charge in [0.2, 0.25) is 0 Å². The van der Waals surface area contributed by atoms with Crippen molar-refractivity contribution in [2.75, 3.05) is 0 Å². The highest BCUT2D eigenvalue weighted by Crippen LogP contribution is 2.09. The van der Waals surface area contributed by atoms with Crippen LogP contribution < -0.4 is 11.5 Å². The number of rotatable bonds is 2. The lowest BCUT2D eigenvalue weighted by molar-refractivity contribution is -0.113. The minimum absolute atomic E-state index is 0.332. The zero-order valence-corrected chi connectivity index (χ0v) is 8.15. The summed E-state index contributed by atoms with van der Waals surface area (Å²) in [4.78, 5) is 14.2. The molecular formula is C10H9F2N3O. The number of hydrogen-bond acceptors (Lipinski definition) is 1. The molecule has 16 heavy (non-hydrogen) atoms. The van der Waals surface area contributed by atoms with Gasteiger partial charge in [0.05, 0.1) is 0 Å². The Balaban J connectivity index is 2.81. The molecule has 1 rings (SSSR count). The number of benzene rings is 1. The van der Waals surface area contributed by atoms with Crippen LogP contribution >= 0.6 is 0 Å². The van der Waals surface area contributed by atoms with Crippen LogP contribution in [0, 0.1) is 11.6 Å². The largest absolute Gasteiger partial charge is 0.370 e. The Hall–Kier alpha value is -2.24. The molecule has 0 heterocycles. The summed E-state index contributed by atoms with van der Waals surface area (Å²) in [5.41, 5.74) is 10.3. The first-order chi connectivity index (χ1) is 7.49. The molecule has 0 aliphatic heterocycles. The maximum Gasteiger partial charge on any atom is 0.272 e. The molecule has 0 aliphatic rings. The summed E-state index contributed by atoms with van der Waals surface area (Å²) in [6, 6.07) is 3.23. The van der Waals surface area contributed by atoms with E-state index in [0.717, 1.165) is 18.2 Å². The molecule has 1 amide bonds. The van der Waals surface area contributed by atoms with Gasteiger partial charge in [-0.05, 0) is 23.8 Å². The lowest BCUT2D eigenvalue weighted by Crippen LogP contribution is -2.23. The van der Waals surface area contributed by atoms with Crippen LogP contribution in [0.3, 0.4) is 0 Å². The summed E-state index contributed by atoms with van der Waals surface area (Å²) >= 11 is 0. The highest BCUT2D eigenvalue weighted by molar-refractivity contribution is 5.99. The van der Waals surface area contributed by atoms with Crippen LogP contribution in [0.1, 0.15) is 5.56 Å². The van der Waals surface area contributed by atoms with Gasteiger partial charge in [-0.3, -0.25) is 4.79 Å². The second kappa shape index (κ2) is 5.01. The molecule has 4 nitrogen and oxygen atoms in total. The van der Waals surface area contributed by atoms with Crippen LogP contribution in [-0.4, -0.2) is 11.9 Å². The topological polar surface area (TPSA) is 81.5 Å². The first kappa shape index (κ1) is 11.8. The van der Waals surface area contributed by atoms with Crippen LogP contribution in [0.5, 0.6) is 0 Å². The first-order valence-corrected chi connectivity index (χ1v) is 4.26. The van der Waals surface area contributed by atoms with Gasteiger partial charge in [-0.2, -0.15) is 4.99 Å². The van der Waals surface area contributed by atoms with Crippen LogP contribution in [0.4, 0.5) is 8.78 Å². The number of halogens is 2. The standard InChI is InChI=1S/C10H9F2N3O/c11-7-3-1-6(5-8(7)12)2-4-9(16)15-10(13)14/h1-5H,(H4,13,14,15,16). The molecule has 0 atom stereocenters. The van der Waals surface area contributed by atoms with Crippen LogP contribution in [0.2, 0.25) is 0 Å². The van der Waals surface area contributed by atoms with E-state index < -0.39 is 17.5 Å². The van der Waals surface area contributed by atoms with Crippen molar-refractivity contribution in [3.8, 4) is 0 Å². The van der Waals surface area contributed by atoms with Gasteiger partial charge in [0.25, 0.3) is 5.91 Å². The van der Waals surface area contributed by atoms with Gasteiger partial charge in [-0.1, -0.05) is 6.07 Å². The monoisotopic (exact) mass is 225 g/mol. The molecule has 0 spiro atoms. The van der Waals surface area contributed by atoms with Gasteiger partial charge in [-0.25, -0.2) is 8.78 Å². The fourth-order valence-electron chi connectivity index (χ4n) is 0.948. The Kier molecular flexibility index (Phi) is 3.71. The normalized spacial score (nSPS) is 10.4. The molecule has 0 saturated heterocycles. The fraction of sp³-hybridized carbons (Fsp3) is 0. The Labute approximate surface area is 90.3 Å². The van der Waals surface area contributed by atoms with Crippen LogP contribution in [0.25, 0.3) is 6.08 Å². The third-order valence-electron chi connectivity index (χ3n) is 1.60. The first-order valence-electron chi connectivity index (χ1n) is 4.26. The van der Waals surface area contributed by atoms with E-state index in [-0.39, 0.29) is 5.96 Å². The Bertz CT molecular complexity index is 465. The molecule has 0 unspecified atom stereocenters. The number of guanidine groups is 1. The minimum atomic E-state index is -0.989. The summed E-state index contributed by atoms with van der Waals surface area (Å²) in [7, 11) is 0. The highest BCUT2D eigenvalue weighted by Gasteiger charge is 2.00. The van der Waals surface area contributed by atoms with Crippen LogP contribution in [0.15, 0.2) is 29.3 Å². The van der Waals surface area contributed by atoms with Crippen molar-refractivity contribution in [1.82, 2.24) is 0 Å². The number of hydrogen-bond donors (Lipinski definition) is 2. The predicted molar refractivity (Wildman–Crippen MR) is 56.2 cm³/mol. The molecule has 0 radical (unpaired) electrons. The van der Waals surface area contributed by atoms with E-state index in [1.807, 2.05) is 0 Å². The van der Waals surface area contributed by atoms with Crippen LogP contribution in [-0.2, 0) is 4.79 Å². The molecular weight excluding hydrogens is 216 g/mol. The lowest BCUT2D eigenvalue weighted by atomic mass is 10.2. The minimum Gasteiger partial charge on any atom is -0.370 e. The smallest absolute Gasteiger partial charge is 0.272 e. The van der Waals surface area contributed by atoms with E-state index in [1.165, 1.54) is 12.1 Å². The van der Waals surface area contributed by atoms with Crippen molar-refractivity contribution in [2.24, 2.45) is 16.5 Å². The fourth-order valence-corrected chi connectivity index (χ4v) is 0.948. The number of carbonyl (C=O) groups is 1. The van der Waals surface area contributed by atoms with Crippen molar-refractivity contribution in [3.05, 3.63) is 41.5 Å². The summed E-state index contributed by atoms with van der Waals surface area (Å²) in [6.45, 7) is 0. The van der Waals surface area contributed by atoms with Crippen molar-refractivity contribution in [1.29, 1.82) is 0 Å². The van der Waals surface area contributed by atoms with E-state index in [2.05, 4.69) is 4.99 Å². The molecule has 6 heteroatoms. The van der Waals surface area contributed by atoms with Crippen molar-refractivity contribution in [3.63, 3.8) is 0 Å². The van der Waals surface area contributed by atoms with E-state index in [1.54, 1.807) is 0 Å². The molecule has 0 saturated carbocycles. The molecule has 0 fully saturated rings. The zero-order valence-electron chi connectivity index (χ0n) is 8.15. The number of nitrogens with zero attached hydrogens (tertiary/aromatic N) is 1. The van der Waals surface area contributed by atoms with E-state index in [0.29, 0.717) is 5.56 Å². The van der Waals surface area contributed by atoms with Crippen molar-refractivity contribution >= 4 is 17.9 Å². The Morgan fingerprint density at radius 1 is 1.25 bits per heavy atom. The number of carbonyl (C=O) groups excluding carboxylic acids is 1. The molecule has 84 valence electrons. The average Bonchev–Trinajstić information content (AvgIpc) is 2.19. The molecule has 1 aromatic rings. The van der Waals surface area contributed by atoms with E-state index in [9.17, 15) is 13.6 Å². The van der Waals surface area contributed by atoms with Gasteiger partial charge in [-0.15, -0.1) is 0 Å². The molecule has 0 aliphatic carbocycles. The third kappa shape index (κ3) is 3.49.